The largest absolute Gasteiger partial charge is 0.382 e. The lowest BCUT2D eigenvalue weighted by Crippen LogP contribution is -2.31. The predicted molar refractivity (Wildman–Crippen MR) is 68.3 cm³/mol. The van der Waals surface area contributed by atoms with Crippen LogP contribution in [0.4, 0.5) is 0 Å². The van der Waals surface area contributed by atoms with E-state index in [0.29, 0.717) is 13.2 Å². The number of alkyl halides is 1. The summed E-state index contributed by atoms with van der Waals surface area (Å²) in [4.78, 5) is 0. The summed E-state index contributed by atoms with van der Waals surface area (Å²) in [6.45, 7) is 2.92. The van der Waals surface area contributed by atoms with Gasteiger partial charge in [0, 0.05) is 25.7 Å². The van der Waals surface area contributed by atoms with E-state index in [1.54, 1.807) is 7.11 Å². The van der Waals surface area contributed by atoms with Crippen molar-refractivity contribution in [2.24, 2.45) is 0 Å². The maximum Gasteiger partial charge on any atom is 0.0778 e. The SMILES string of the molecule is COCCOCCCOC1(CBr)CCCC1. The first kappa shape index (κ1) is 14.4. The zero-order valence-electron chi connectivity index (χ0n) is 10.2. The first-order valence-electron chi connectivity index (χ1n) is 6.09. The van der Waals surface area contributed by atoms with E-state index in [1.165, 1.54) is 25.7 Å². The molecular formula is C12H23BrO3. The third kappa shape index (κ3) is 5.13. The molecule has 1 saturated carbocycles. The second-order valence-electron chi connectivity index (χ2n) is 4.33. The van der Waals surface area contributed by atoms with Gasteiger partial charge in [-0.15, -0.1) is 0 Å². The van der Waals surface area contributed by atoms with Crippen LogP contribution in [0.15, 0.2) is 0 Å². The second kappa shape index (κ2) is 8.45. The van der Waals surface area contributed by atoms with Gasteiger partial charge in [-0.2, -0.15) is 0 Å². The van der Waals surface area contributed by atoms with Crippen molar-refractivity contribution in [3.8, 4) is 0 Å². The van der Waals surface area contributed by atoms with Gasteiger partial charge in [0.1, 0.15) is 0 Å². The Kier molecular flexibility index (Phi) is 7.62. The fourth-order valence-electron chi connectivity index (χ4n) is 2.03. The molecule has 0 N–H and O–H groups in total. The van der Waals surface area contributed by atoms with Gasteiger partial charge >= 0.3 is 0 Å². The standard InChI is InChI=1S/C12H23BrO3/c1-14-9-10-15-7-4-8-16-12(11-13)5-2-3-6-12/h2-11H2,1H3. The highest BCUT2D eigenvalue weighted by Gasteiger charge is 2.33. The van der Waals surface area contributed by atoms with Crippen LogP contribution in [0.5, 0.6) is 0 Å². The molecule has 16 heavy (non-hydrogen) atoms. The molecule has 0 aromatic carbocycles. The van der Waals surface area contributed by atoms with Crippen molar-refractivity contribution in [3.63, 3.8) is 0 Å². The molecule has 3 nitrogen and oxygen atoms in total. The van der Waals surface area contributed by atoms with Crippen LogP contribution in [0.1, 0.15) is 32.1 Å². The van der Waals surface area contributed by atoms with Crippen LogP contribution in [0.25, 0.3) is 0 Å². The Bertz CT molecular complexity index is 170. The van der Waals surface area contributed by atoms with Crippen molar-refractivity contribution >= 4 is 15.9 Å². The van der Waals surface area contributed by atoms with Crippen molar-refractivity contribution in [1.29, 1.82) is 0 Å². The predicted octanol–water partition coefficient (Wildman–Crippen LogP) is 2.76. The van der Waals surface area contributed by atoms with Crippen LogP contribution >= 0.6 is 15.9 Å². The van der Waals surface area contributed by atoms with Gasteiger partial charge in [0.15, 0.2) is 0 Å². The van der Waals surface area contributed by atoms with Gasteiger partial charge in [0.25, 0.3) is 0 Å². The van der Waals surface area contributed by atoms with Crippen LogP contribution in [0.3, 0.4) is 0 Å². The quantitative estimate of drug-likeness (QED) is 0.483. The summed E-state index contributed by atoms with van der Waals surface area (Å²) < 4.78 is 16.3. The fourth-order valence-corrected chi connectivity index (χ4v) is 2.75. The monoisotopic (exact) mass is 294 g/mol. The molecule has 4 heteroatoms. The summed E-state index contributed by atoms with van der Waals surface area (Å²) in [5.41, 5.74) is 0.118. The summed E-state index contributed by atoms with van der Waals surface area (Å²) in [5.74, 6) is 0. The number of methoxy groups -OCH3 is 1. The highest BCUT2D eigenvalue weighted by molar-refractivity contribution is 9.09. The van der Waals surface area contributed by atoms with Gasteiger partial charge in [-0.25, -0.2) is 0 Å². The third-order valence-corrected chi connectivity index (χ3v) is 4.05. The molecule has 0 aromatic heterocycles. The molecule has 0 spiro atoms. The summed E-state index contributed by atoms with van der Waals surface area (Å²) >= 11 is 3.56. The molecule has 1 fully saturated rings. The van der Waals surface area contributed by atoms with Crippen molar-refractivity contribution in [2.45, 2.75) is 37.7 Å². The molecule has 96 valence electrons. The Morgan fingerprint density at radius 3 is 2.44 bits per heavy atom. The average molecular weight is 295 g/mol. The maximum atomic E-state index is 5.99. The van der Waals surface area contributed by atoms with E-state index in [1.807, 2.05) is 0 Å². The molecule has 0 heterocycles. The van der Waals surface area contributed by atoms with Crippen molar-refractivity contribution < 1.29 is 14.2 Å². The molecule has 0 bridgehead atoms. The average Bonchev–Trinajstić information content (AvgIpc) is 2.77. The van der Waals surface area contributed by atoms with Crippen LogP contribution in [-0.2, 0) is 14.2 Å². The number of hydrogen-bond donors (Lipinski definition) is 0. The lowest BCUT2D eigenvalue weighted by molar-refractivity contribution is -0.0323. The molecule has 0 aliphatic heterocycles. The smallest absolute Gasteiger partial charge is 0.0778 e. The fraction of sp³-hybridized carbons (Fsp3) is 1.00. The van der Waals surface area contributed by atoms with Gasteiger partial charge < -0.3 is 14.2 Å². The Labute approximate surface area is 107 Å². The molecule has 0 aromatic rings. The summed E-state index contributed by atoms with van der Waals surface area (Å²) in [6.07, 6.45) is 5.97. The van der Waals surface area contributed by atoms with E-state index in [9.17, 15) is 0 Å². The Hall–Kier alpha value is 0.360. The topological polar surface area (TPSA) is 27.7 Å². The van der Waals surface area contributed by atoms with Gasteiger partial charge in [0.2, 0.25) is 0 Å². The molecular weight excluding hydrogens is 272 g/mol. The zero-order chi connectivity index (χ0) is 11.7. The van der Waals surface area contributed by atoms with Gasteiger partial charge in [0.05, 0.1) is 18.8 Å². The van der Waals surface area contributed by atoms with E-state index in [4.69, 9.17) is 14.2 Å². The molecule has 1 aliphatic rings. The number of ether oxygens (including phenoxy) is 3. The summed E-state index contributed by atoms with van der Waals surface area (Å²) in [5, 5.41) is 0.963. The number of rotatable bonds is 9. The highest BCUT2D eigenvalue weighted by Crippen LogP contribution is 2.34. The van der Waals surface area contributed by atoms with Crippen LogP contribution < -0.4 is 0 Å². The first-order chi connectivity index (χ1) is 7.83. The Balaban J connectivity index is 1.97. The molecule has 0 radical (unpaired) electrons. The van der Waals surface area contributed by atoms with E-state index < -0.39 is 0 Å². The summed E-state index contributed by atoms with van der Waals surface area (Å²) in [7, 11) is 1.69. The number of halogens is 1. The minimum atomic E-state index is 0.118. The van der Waals surface area contributed by atoms with Crippen LogP contribution in [-0.4, -0.2) is 44.5 Å². The van der Waals surface area contributed by atoms with Gasteiger partial charge in [-0.05, 0) is 19.3 Å². The Morgan fingerprint density at radius 1 is 1.06 bits per heavy atom. The molecule has 1 aliphatic carbocycles. The molecule has 1 rings (SSSR count). The molecule has 0 unspecified atom stereocenters. The lowest BCUT2D eigenvalue weighted by atomic mass is 10.1. The minimum Gasteiger partial charge on any atom is -0.382 e. The molecule has 0 amide bonds. The summed E-state index contributed by atoms with van der Waals surface area (Å²) in [6, 6.07) is 0. The van der Waals surface area contributed by atoms with Crippen LogP contribution in [0, 0.1) is 0 Å². The second-order valence-corrected chi connectivity index (χ2v) is 4.89. The lowest BCUT2D eigenvalue weighted by Gasteiger charge is -2.27. The van der Waals surface area contributed by atoms with E-state index in [2.05, 4.69) is 15.9 Å². The van der Waals surface area contributed by atoms with Crippen molar-refractivity contribution in [1.82, 2.24) is 0 Å². The van der Waals surface area contributed by atoms with Crippen LogP contribution in [0.2, 0.25) is 0 Å². The third-order valence-electron chi connectivity index (χ3n) is 3.03. The first-order valence-corrected chi connectivity index (χ1v) is 7.22. The molecule has 0 saturated heterocycles. The van der Waals surface area contributed by atoms with Crippen molar-refractivity contribution in [2.75, 3.05) is 38.9 Å². The Morgan fingerprint density at radius 2 is 1.81 bits per heavy atom. The van der Waals surface area contributed by atoms with E-state index in [0.717, 1.165) is 25.0 Å². The molecule has 0 atom stereocenters. The van der Waals surface area contributed by atoms with E-state index in [-0.39, 0.29) is 5.60 Å². The number of hydrogen-bond acceptors (Lipinski definition) is 3. The van der Waals surface area contributed by atoms with Gasteiger partial charge in [-0.1, -0.05) is 28.8 Å². The minimum absolute atomic E-state index is 0.118. The van der Waals surface area contributed by atoms with Gasteiger partial charge in [-0.3, -0.25) is 0 Å². The zero-order valence-corrected chi connectivity index (χ0v) is 11.8. The maximum absolute atomic E-state index is 5.99. The normalized spacial score (nSPS) is 19.1. The van der Waals surface area contributed by atoms with E-state index >= 15 is 0 Å². The van der Waals surface area contributed by atoms with Crippen molar-refractivity contribution in [3.05, 3.63) is 0 Å². The highest BCUT2D eigenvalue weighted by atomic mass is 79.9.